The molecule has 0 N–H and O–H groups in total. The summed E-state index contributed by atoms with van der Waals surface area (Å²) in [7, 11) is 0. The zero-order chi connectivity index (χ0) is 29.0. The Labute approximate surface area is 256 Å². The smallest absolute Gasteiger partial charge is 0.164 e. The van der Waals surface area contributed by atoms with E-state index in [-0.39, 0.29) is 0 Å². The van der Waals surface area contributed by atoms with Gasteiger partial charge >= 0.3 is 0 Å². The average molecular weight is 582 g/mol. The van der Waals surface area contributed by atoms with Crippen LogP contribution in [0.3, 0.4) is 0 Å². The quantitative estimate of drug-likeness (QED) is 0.207. The first-order chi connectivity index (χ1) is 21.8. The summed E-state index contributed by atoms with van der Waals surface area (Å²) in [4.78, 5) is 15.0. The third-order valence-electron chi connectivity index (χ3n) is 8.14. The van der Waals surface area contributed by atoms with E-state index in [1.165, 1.54) is 31.3 Å². The average Bonchev–Trinajstić information content (AvgIpc) is 3.66. The third kappa shape index (κ3) is 4.17. The number of para-hydroxylation sites is 1. The molecular weight excluding hydrogens is 559 g/mol. The molecule has 4 nitrogen and oxygen atoms in total. The number of nitrogens with zero attached hydrogens (tertiary/aromatic N) is 3. The Morgan fingerprint density at radius 3 is 1.75 bits per heavy atom. The minimum absolute atomic E-state index is 0.630. The maximum Gasteiger partial charge on any atom is 0.164 e. The summed E-state index contributed by atoms with van der Waals surface area (Å²) in [5.41, 5.74) is 6.98. The summed E-state index contributed by atoms with van der Waals surface area (Å²) in [6.07, 6.45) is 0. The monoisotopic (exact) mass is 581 g/mol. The van der Waals surface area contributed by atoms with Crippen molar-refractivity contribution in [3.8, 4) is 45.3 Å². The Bertz CT molecular complexity index is 2500. The second-order valence-corrected chi connectivity index (χ2v) is 12.0. The van der Waals surface area contributed by atoms with Crippen LogP contribution in [0.15, 0.2) is 144 Å². The van der Waals surface area contributed by atoms with Crippen molar-refractivity contribution in [3.63, 3.8) is 0 Å². The molecule has 44 heavy (non-hydrogen) atoms. The van der Waals surface area contributed by atoms with Gasteiger partial charge in [-0.05, 0) is 53.6 Å². The molecule has 0 saturated carbocycles. The molecule has 0 aliphatic rings. The SMILES string of the molecule is c1ccc(-c2ccc3sc4cc(-c5nc(-c6ccccc6)nc(-c6ccc7oc8ccccc8c7c6)n5)ccc4c3c2)cc1. The number of furan rings is 1. The van der Waals surface area contributed by atoms with Crippen LogP contribution in [-0.2, 0) is 0 Å². The van der Waals surface area contributed by atoms with Gasteiger partial charge in [0.05, 0.1) is 0 Å². The van der Waals surface area contributed by atoms with Gasteiger partial charge in [-0.25, -0.2) is 15.0 Å². The molecular formula is C39H23N3OS. The Morgan fingerprint density at radius 1 is 0.364 bits per heavy atom. The third-order valence-corrected chi connectivity index (χ3v) is 9.27. The molecule has 9 rings (SSSR count). The molecule has 0 fully saturated rings. The lowest BCUT2D eigenvalue weighted by Crippen LogP contribution is -2.00. The molecule has 0 radical (unpaired) electrons. The Hall–Kier alpha value is -5.65. The minimum atomic E-state index is 0.630. The summed E-state index contributed by atoms with van der Waals surface area (Å²) < 4.78 is 8.54. The summed E-state index contributed by atoms with van der Waals surface area (Å²) in [5, 5.41) is 4.62. The Morgan fingerprint density at radius 2 is 0.955 bits per heavy atom. The van der Waals surface area contributed by atoms with Crippen molar-refractivity contribution < 1.29 is 4.42 Å². The number of hydrogen-bond donors (Lipinski definition) is 0. The first kappa shape index (κ1) is 24.9. The van der Waals surface area contributed by atoms with E-state index in [0.717, 1.165) is 38.6 Å². The number of benzene rings is 6. The van der Waals surface area contributed by atoms with Crippen LogP contribution in [0.25, 0.3) is 87.4 Å². The fourth-order valence-corrected chi connectivity index (χ4v) is 7.07. The molecule has 9 aromatic rings. The zero-order valence-electron chi connectivity index (χ0n) is 23.4. The number of thiophene rings is 1. The summed E-state index contributed by atoms with van der Waals surface area (Å²) in [6.45, 7) is 0. The van der Waals surface area contributed by atoms with Gasteiger partial charge < -0.3 is 4.42 Å². The van der Waals surface area contributed by atoms with Crippen LogP contribution in [0.2, 0.25) is 0 Å². The summed E-state index contributed by atoms with van der Waals surface area (Å²) >= 11 is 1.80. The fraction of sp³-hybridized carbons (Fsp3) is 0. The topological polar surface area (TPSA) is 51.8 Å². The van der Waals surface area contributed by atoms with E-state index in [4.69, 9.17) is 19.4 Å². The maximum atomic E-state index is 6.08. The van der Waals surface area contributed by atoms with Crippen LogP contribution in [0.4, 0.5) is 0 Å². The highest BCUT2D eigenvalue weighted by atomic mass is 32.1. The summed E-state index contributed by atoms with van der Waals surface area (Å²) in [5.74, 6) is 1.92. The molecule has 0 atom stereocenters. The van der Waals surface area contributed by atoms with Gasteiger partial charge in [0.15, 0.2) is 17.5 Å². The van der Waals surface area contributed by atoms with Gasteiger partial charge in [0, 0.05) is 47.6 Å². The minimum Gasteiger partial charge on any atom is -0.456 e. The van der Waals surface area contributed by atoms with Crippen LogP contribution in [0.1, 0.15) is 0 Å². The van der Waals surface area contributed by atoms with Crippen molar-refractivity contribution in [2.75, 3.05) is 0 Å². The lowest BCUT2D eigenvalue weighted by molar-refractivity contribution is 0.669. The van der Waals surface area contributed by atoms with E-state index in [9.17, 15) is 0 Å². The van der Waals surface area contributed by atoms with Crippen molar-refractivity contribution in [1.29, 1.82) is 0 Å². The van der Waals surface area contributed by atoms with Gasteiger partial charge in [-0.1, -0.05) is 97.1 Å². The molecule has 3 aromatic heterocycles. The molecule has 0 aliphatic heterocycles. The van der Waals surface area contributed by atoms with Gasteiger partial charge in [0.1, 0.15) is 11.2 Å². The summed E-state index contributed by atoms with van der Waals surface area (Å²) in [6, 6.07) is 48.2. The van der Waals surface area contributed by atoms with E-state index in [1.54, 1.807) is 11.3 Å². The van der Waals surface area contributed by atoms with Crippen LogP contribution < -0.4 is 0 Å². The van der Waals surface area contributed by atoms with Gasteiger partial charge in [-0.15, -0.1) is 11.3 Å². The first-order valence-corrected chi connectivity index (χ1v) is 15.3. The highest BCUT2D eigenvalue weighted by Gasteiger charge is 2.16. The highest BCUT2D eigenvalue weighted by Crippen LogP contribution is 2.39. The molecule has 0 bridgehead atoms. The lowest BCUT2D eigenvalue weighted by Gasteiger charge is -2.09. The van der Waals surface area contributed by atoms with Gasteiger partial charge in [-0.2, -0.15) is 0 Å². The molecule has 3 heterocycles. The van der Waals surface area contributed by atoms with Crippen LogP contribution >= 0.6 is 11.3 Å². The van der Waals surface area contributed by atoms with Crippen LogP contribution in [0, 0.1) is 0 Å². The standard InChI is InChI=1S/C39H23N3OS/c1-3-9-24(10-4-1)26-17-20-35-32(21-26)30-18-15-28(23-36(30)44-35)39-41-37(25-11-5-2-6-12-25)40-38(42-39)27-16-19-34-31(22-27)29-13-7-8-14-33(29)43-34/h1-23H. The number of fused-ring (bicyclic) bond motifs is 6. The zero-order valence-corrected chi connectivity index (χ0v) is 24.3. The van der Waals surface area contributed by atoms with E-state index in [1.807, 2.05) is 60.7 Å². The molecule has 0 saturated heterocycles. The van der Waals surface area contributed by atoms with Crippen LogP contribution in [0.5, 0.6) is 0 Å². The second kappa shape index (κ2) is 9.97. The Balaban J connectivity index is 1.20. The largest absolute Gasteiger partial charge is 0.456 e. The second-order valence-electron chi connectivity index (χ2n) is 10.9. The highest BCUT2D eigenvalue weighted by molar-refractivity contribution is 7.25. The molecule has 206 valence electrons. The van der Waals surface area contributed by atoms with E-state index >= 15 is 0 Å². The van der Waals surface area contributed by atoms with Crippen LogP contribution in [-0.4, -0.2) is 15.0 Å². The Kier molecular flexibility index (Phi) is 5.64. The van der Waals surface area contributed by atoms with Crippen molar-refractivity contribution in [3.05, 3.63) is 140 Å². The first-order valence-electron chi connectivity index (χ1n) is 14.5. The van der Waals surface area contributed by atoms with Crippen molar-refractivity contribution in [1.82, 2.24) is 15.0 Å². The number of hydrogen-bond acceptors (Lipinski definition) is 5. The fourth-order valence-electron chi connectivity index (χ4n) is 5.94. The molecule has 0 aliphatic carbocycles. The number of rotatable bonds is 4. The van der Waals surface area contributed by atoms with Crippen molar-refractivity contribution >= 4 is 53.4 Å². The lowest BCUT2D eigenvalue weighted by atomic mass is 10.0. The van der Waals surface area contributed by atoms with Crippen molar-refractivity contribution in [2.24, 2.45) is 0 Å². The molecule has 6 aromatic carbocycles. The molecule has 0 unspecified atom stereocenters. The normalized spacial score (nSPS) is 11.6. The van der Waals surface area contributed by atoms with E-state index in [0.29, 0.717) is 17.5 Å². The molecule has 5 heteroatoms. The van der Waals surface area contributed by atoms with Gasteiger partial charge in [0.25, 0.3) is 0 Å². The maximum absolute atomic E-state index is 6.08. The van der Waals surface area contributed by atoms with E-state index < -0.39 is 0 Å². The van der Waals surface area contributed by atoms with Gasteiger partial charge in [0.2, 0.25) is 0 Å². The molecule has 0 amide bonds. The predicted octanol–water partition coefficient (Wildman–Crippen LogP) is 10.8. The molecule has 0 spiro atoms. The number of aromatic nitrogens is 3. The van der Waals surface area contributed by atoms with Gasteiger partial charge in [-0.3, -0.25) is 0 Å². The van der Waals surface area contributed by atoms with Crippen molar-refractivity contribution in [2.45, 2.75) is 0 Å². The van der Waals surface area contributed by atoms with E-state index in [2.05, 4.69) is 78.9 Å². The predicted molar refractivity (Wildman–Crippen MR) is 182 cm³/mol.